The molecule has 0 aliphatic rings. The molecular weight excluding hydrogens is 363 g/mol. The van der Waals surface area contributed by atoms with E-state index < -0.39 is 28.3 Å². The Labute approximate surface area is 142 Å². The van der Waals surface area contributed by atoms with Crippen LogP contribution >= 0.6 is 11.3 Å². The molecule has 2 N–H and O–H groups in total. The van der Waals surface area contributed by atoms with Crippen molar-refractivity contribution in [3.8, 4) is 0 Å². The predicted molar refractivity (Wildman–Crippen MR) is 85.2 cm³/mol. The number of nitro benzene ring substituents is 1. The highest BCUT2D eigenvalue weighted by molar-refractivity contribution is 7.15. The summed E-state index contributed by atoms with van der Waals surface area (Å²) in [6.45, 7) is 1.53. The van der Waals surface area contributed by atoms with Gasteiger partial charge in [-0.3, -0.25) is 15.5 Å². The van der Waals surface area contributed by atoms with Crippen molar-refractivity contribution in [2.75, 3.05) is 5.43 Å². The van der Waals surface area contributed by atoms with Gasteiger partial charge in [0.05, 0.1) is 21.1 Å². The van der Waals surface area contributed by atoms with Gasteiger partial charge in [0.2, 0.25) is 0 Å². The van der Waals surface area contributed by atoms with Crippen molar-refractivity contribution >= 4 is 34.4 Å². The average molecular weight is 373 g/mol. The number of halogens is 3. The number of aromatic carboxylic acids is 1. The molecule has 7 nitrogen and oxygen atoms in total. The van der Waals surface area contributed by atoms with Crippen molar-refractivity contribution in [3.05, 3.63) is 55.8 Å². The molecule has 25 heavy (non-hydrogen) atoms. The van der Waals surface area contributed by atoms with E-state index in [0.717, 1.165) is 17.4 Å². The zero-order chi connectivity index (χ0) is 18.8. The highest BCUT2D eigenvalue weighted by atomic mass is 32.1. The number of carbonyl (C=O) groups is 1. The van der Waals surface area contributed by atoms with Crippen molar-refractivity contribution < 1.29 is 28.0 Å². The van der Waals surface area contributed by atoms with Gasteiger partial charge in [-0.1, -0.05) is 0 Å². The van der Waals surface area contributed by atoms with E-state index in [1.807, 2.05) is 0 Å². The molecule has 0 unspecified atom stereocenters. The van der Waals surface area contributed by atoms with Gasteiger partial charge in [0.25, 0.3) is 5.69 Å². The fraction of sp³-hybridized carbons (Fsp3) is 0.143. The number of carboxylic acid groups (broad SMARTS) is 1. The van der Waals surface area contributed by atoms with Crippen molar-refractivity contribution in [2.45, 2.75) is 13.1 Å². The summed E-state index contributed by atoms with van der Waals surface area (Å²) < 4.78 is 37.9. The number of thiophene rings is 1. The van der Waals surface area contributed by atoms with Gasteiger partial charge in [0.1, 0.15) is 10.6 Å². The normalized spacial score (nSPS) is 12.1. The molecule has 2 rings (SSSR count). The van der Waals surface area contributed by atoms with E-state index in [4.69, 9.17) is 5.11 Å². The van der Waals surface area contributed by atoms with Crippen LogP contribution in [-0.2, 0) is 6.18 Å². The molecule has 0 saturated carbocycles. The minimum atomic E-state index is -4.70. The van der Waals surface area contributed by atoms with Gasteiger partial charge in [-0.05, 0) is 31.2 Å². The van der Waals surface area contributed by atoms with Crippen LogP contribution in [0, 0.1) is 10.1 Å². The summed E-state index contributed by atoms with van der Waals surface area (Å²) in [7, 11) is 0. The Kier molecular flexibility index (Phi) is 5.07. The van der Waals surface area contributed by atoms with Crippen LogP contribution in [0.4, 0.5) is 24.5 Å². The average Bonchev–Trinajstić information content (AvgIpc) is 3.01. The van der Waals surface area contributed by atoms with Gasteiger partial charge in [0.15, 0.2) is 0 Å². The molecule has 0 aliphatic heterocycles. The third kappa shape index (κ3) is 4.32. The fourth-order valence-electron chi connectivity index (χ4n) is 1.80. The zero-order valence-corrected chi connectivity index (χ0v) is 13.3. The van der Waals surface area contributed by atoms with Gasteiger partial charge >= 0.3 is 12.1 Å². The smallest absolute Gasteiger partial charge is 0.416 e. The number of rotatable bonds is 5. The second-order valence-corrected chi connectivity index (χ2v) is 5.85. The second kappa shape index (κ2) is 6.89. The Morgan fingerprint density at radius 1 is 1.28 bits per heavy atom. The number of nitrogens with zero attached hydrogens (tertiary/aromatic N) is 2. The van der Waals surface area contributed by atoms with Crippen LogP contribution in [0.15, 0.2) is 35.4 Å². The monoisotopic (exact) mass is 373 g/mol. The number of benzene rings is 1. The molecule has 11 heteroatoms. The topological polar surface area (TPSA) is 105 Å². The van der Waals surface area contributed by atoms with E-state index in [0.29, 0.717) is 22.7 Å². The summed E-state index contributed by atoms with van der Waals surface area (Å²) in [6, 6.07) is 4.92. The molecule has 0 fully saturated rings. The maximum Gasteiger partial charge on any atom is 0.416 e. The summed E-state index contributed by atoms with van der Waals surface area (Å²) in [5, 5.41) is 23.7. The lowest BCUT2D eigenvalue weighted by molar-refractivity contribution is -0.384. The SMILES string of the molecule is C/C(=N/Nc1ccc(C(F)(F)F)cc1[N+](=O)[O-])c1ccc(C(=O)O)s1. The van der Waals surface area contributed by atoms with Gasteiger partial charge in [-0.25, -0.2) is 4.79 Å². The maximum atomic E-state index is 12.6. The first-order valence-corrected chi connectivity index (χ1v) is 7.40. The zero-order valence-electron chi connectivity index (χ0n) is 12.5. The number of hydrogen-bond donors (Lipinski definition) is 2. The summed E-state index contributed by atoms with van der Waals surface area (Å²) in [5.74, 6) is -1.10. The van der Waals surface area contributed by atoms with E-state index in [1.165, 1.54) is 19.1 Å². The largest absolute Gasteiger partial charge is 0.477 e. The lowest BCUT2D eigenvalue weighted by atomic mass is 10.1. The number of nitro groups is 1. The van der Waals surface area contributed by atoms with Crippen molar-refractivity contribution in [1.82, 2.24) is 0 Å². The molecular formula is C14H10F3N3O4S. The number of hydrazone groups is 1. The molecule has 0 atom stereocenters. The molecule has 0 spiro atoms. The van der Waals surface area contributed by atoms with E-state index in [1.54, 1.807) is 0 Å². The Hall–Kier alpha value is -2.95. The summed E-state index contributed by atoms with van der Waals surface area (Å²) >= 11 is 0.948. The number of hydrogen-bond acceptors (Lipinski definition) is 6. The van der Waals surface area contributed by atoms with Crippen molar-refractivity contribution in [3.63, 3.8) is 0 Å². The number of nitrogens with one attached hydrogen (secondary N) is 1. The number of carboxylic acids is 1. The van der Waals surface area contributed by atoms with Crippen LogP contribution in [-0.4, -0.2) is 21.7 Å². The predicted octanol–water partition coefficient (Wildman–Crippen LogP) is 4.21. The van der Waals surface area contributed by atoms with E-state index in [2.05, 4.69) is 10.5 Å². The minimum Gasteiger partial charge on any atom is -0.477 e. The first-order chi connectivity index (χ1) is 11.6. The van der Waals surface area contributed by atoms with Gasteiger partial charge < -0.3 is 5.11 Å². The summed E-state index contributed by atoms with van der Waals surface area (Å²) in [5.41, 5.74) is 0.540. The lowest BCUT2D eigenvalue weighted by Gasteiger charge is -2.08. The summed E-state index contributed by atoms with van der Waals surface area (Å²) in [4.78, 5) is 21.5. The fourth-order valence-corrected chi connectivity index (χ4v) is 2.59. The molecule has 0 aliphatic carbocycles. The van der Waals surface area contributed by atoms with E-state index in [9.17, 15) is 28.1 Å². The number of alkyl halides is 3. The lowest BCUT2D eigenvalue weighted by Crippen LogP contribution is -2.07. The third-order valence-corrected chi connectivity index (χ3v) is 4.22. The van der Waals surface area contributed by atoms with Gasteiger partial charge in [-0.15, -0.1) is 11.3 Å². The standard InChI is InChI=1S/C14H10F3N3O4S/c1-7(11-4-5-12(25-11)13(21)22)18-19-9-3-2-8(14(15,16)17)6-10(9)20(23)24/h2-6,19H,1H3,(H,21,22)/b18-7-. The maximum absolute atomic E-state index is 12.6. The van der Waals surface area contributed by atoms with Crippen LogP contribution in [0.1, 0.15) is 27.0 Å². The molecule has 1 aromatic heterocycles. The summed E-state index contributed by atoms with van der Waals surface area (Å²) in [6.07, 6.45) is -4.70. The number of anilines is 1. The Morgan fingerprint density at radius 2 is 1.92 bits per heavy atom. The highest BCUT2D eigenvalue weighted by Gasteiger charge is 2.33. The molecule has 0 radical (unpaired) electrons. The van der Waals surface area contributed by atoms with Crippen LogP contribution in [0.5, 0.6) is 0 Å². The molecule has 132 valence electrons. The minimum absolute atomic E-state index is 0.0880. The van der Waals surface area contributed by atoms with Crippen LogP contribution < -0.4 is 5.43 Å². The Balaban J connectivity index is 2.29. The molecule has 0 amide bonds. The quantitative estimate of drug-likeness (QED) is 0.464. The molecule has 2 aromatic rings. The molecule has 1 aromatic carbocycles. The molecule has 1 heterocycles. The Bertz CT molecular complexity index is 861. The Morgan fingerprint density at radius 3 is 2.44 bits per heavy atom. The van der Waals surface area contributed by atoms with E-state index in [-0.39, 0.29) is 10.6 Å². The van der Waals surface area contributed by atoms with Crippen molar-refractivity contribution in [1.29, 1.82) is 0 Å². The highest BCUT2D eigenvalue weighted by Crippen LogP contribution is 2.35. The van der Waals surface area contributed by atoms with Crippen LogP contribution in [0.2, 0.25) is 0 Å². The van der Waals surface area contributed by atoms with Gasteiger partial charge in [0, 0.05) is 6.07 Å². The van der Waals surface area contributed by atoms with Crippen molar-refractivity contribution in [2.24, 2.45) is 5.10 Å². The van der Waals surface area contributed by atoms with Crippen LogP contribution in [0.3, 0.4) is 0 Å². The first kappa shape index (κ1) is 18.4. The van der Waals surface area contributed by atoms with Gasteiger partial charge in [-0.2, -0.15) is 18.3 Å². The molecule has 0 bridgehead atoms. The second-order valence-electron chi connectivity index (χ2n) is 4.76. The molecule has 0 saturated heterocycles. The van der Waals surface area contributed by atoms with E-state index >= 15 is 0 Å². The first-order valence-electron chi connectivity index (χ1n) is 6.59. The van der Waals surface area contributed by atoms with Crippen LogP contribution in [0.25, 0.3) is 0 Å². The third-order valence-electron chi connectivity index (χ3n) is 3.04.